The Hall–Kier alpha value is -3.46. The van der Waals surface area contributed by atoms with Gasteiger partial charge in [0.2, 0.25) is 0 Å². The molecule has 0 saturated heterocycles. The molecule has 0 bridgehead atoms. The van der Waals surface area contributed by atoms with Crippen LogP contribution in [0.4, 0.5) is 4.79 Å². The third-order valence-corrected chi connectivity index (χ3v) is 6.71. The highest BCUT2D eigenvalue weighted by Gasteiger charge is 2.24. The first-order valence-electron chi connectivity index (χ1n) is 11.7. The minimum atomic E-state index is -2.55. The van der Waals surface area contributed by atoms with E-state index in [0.29, 0.717) is 6.42 Å². The van der Waals surface area contributed by atoms with Gasteiger partial charge in [-0.05, 0) is 36.2 Å². The van der Waals surface area contributed by atoms with Gasteiger partial charge in [0.05, 0.1) is 10.7 Å². The van der Waals surface area contributed by atoms with Gasteiger partial charge in [0.1, 0.15) is 5.82 Å². The summed E-state index contributed by atoms with van der Waals surface area (Å²) in [5, 5.41) is 0.236. The lowest BCUT2D eigenvalue weighted by Gasteiger charge is -2.20. The van der Waals surface area contributed by atoms with Gasteiger partial charge in [-0.15, -0.1) is 0 Å². The van der Waals surface area contributed by atoms with Crippen molar-refractivity contribution < 1.29 is 18.3 Å². The lowest BCUT2D eigenvalue weighted by atomic mass is 9.95. The number of hydrogen-bond donors (Lipinski definition) is 1. The van der Waals surface area contributed by atoms with Gasteiger partial charge in [0.15, 0.2) is 5.75 Å². The minimum absolute atomic E-state index is 0.0117. The fourth-order valence-electron chi connectivity index (χ4n) is 3.81. The van der Waals surface area contributed by atoms with E-state index in [-0.39, 0.29) is 22.7 Å². The SMILES string of the molecule is CC(C)(C)c1nc(-c2ccccc2)cn1-c1ccc(CCN(C(=O)Oc2ccccc2Cl)S(=O)O)cc1. The highest BCUT2D eigenvalue weighted by Crippen LogP contribution is 2.29. The maximum absolute atomic E-state index is 12.5. The van der Waals surface area contributed by atoms with E-state index in [9.17, 15) is 13.6 Å². The summed E-state index contributed by atoms with van der Waals surface area (Å²) in [5.41, 5.74) is 3.60. The molecule has 1 unspecified atom stereocenters. The standard InChI is InChI=1S/C28H28ClN3O4S/c1-28(2,3)26-30-24(21-9-5-4-6-10-21)19-31(26)22-15-13-20(14-16-22)17-18-32(37(34)35)27(33)36-25-12-8-7-11-23(25)29/h4-16,19H,17-18H2,1-3H3,(H,34,35). The summed E-state index contributed by atoms with van der Waals surface area (Å²) in [6.07, 6.45) is 1.44. The second-order valence-electron chi connectivity index (χ2n) is 9.48. The summed E-state index contributed by atoms with van der Waals surface area (Å²) < 4.78 is 29.5. The predicted octanol–water partition coefficient (Wildman–Crippen LogP) is 6.67. The van der Waals surface area contributed by atoms with Gasteiger partial charge in [-0.3, -0.25) is 4.55 Å². The van der Waals surface area contributed by atoms with Crippen molar-refractivity contribution in [3.63, 3.8) is 0 Å². The van der Waals surface area contributed by atoms with E-state index < -0.39 is 17.4 Å². The molecule has 0 aliphatic heterocycles. The Kier molecular flexibility index (Phi) is 8.12. The van der Waals surface area contributed by atoms with Crippen molar-refractivity contribution in [2.75, 3.05) is 6.54 Å². The first-order valence-corrected chi connectivity index (χ1v) is 13.2. The second-order valence-corrected chi connectivity index (χ2v) is 10.8. The van der Waals surface area contributed by atoms with Gasteiger partial charge in [-0.1, -0.05) is 87.0 Å². The van der Waals surface area contributed by atoms with Crippen LogP contribution < -0.4 is 4.74 Å². The van der Waals surface area contributed by atoms with Gasteiger partial charge in [0, 0.05) is 29.4 Å². The van der Waals surface area contributed by atoms with E-state index in [1.54, 1.807) is 18.2 Å². The topological polar surface area (TPSA) is 84.7 Å². The van der Waals surface area contributed by atoms with E-state index in [1.807, 2.05) is 60.8 Å². The van der Waals surface area contributed by atoms with Gasteiger partial charge < -0.3 is 9.30 Å². The molecule has 7 nitrogen and oxygen atoms in total. The zero-order valence-corrected chi connectivity index (χ0v) is 22.4. The van der Waals surface area contributed by atoms with Crippen LogP contribution in [0.15, 0.2) is 85.1 Å². The van der Waals surface area contributed by atoms with Gasteiger partial charge in [0.25, 0.3) is 11.3 Å². The fraction of sp³-hybridized carbons (Fsp3) is 0.214. The number of para-hydroxylation sites is 1. The number of carbonyl (C=O) groups excluding carboxylic acids is 1. The van der Waals surface area contributed by atoms with Crippen LogP contribution in [0.25, 0.3) is 16.9 Å². The number of nitrogens with zero attached hydrogens (tertiary/aromatic N) is 3. The number of aromatic nitrogens is 2. The maximum atomic E-state index is 12.5. The van der Waals surface area contributed by atoms with Gasteiger partial charge in [-0.2, -0.15) is 0 Å². The molecule has 9 heteroatoms. The van der Waals surface area contributed by atoms with Crippen molar-refractivity contribution >= 4 is 29.0 Å². The number of carbonyl (C=O) groups is 1. The molecule has 3 aromatic carbocycles. The Labute approximate surface area is 224 Å². The number of benzene rings is 3. The summed E-state index contributed by atoms with van der Waals surface area (Å²) in [6.45, 7) is 6.36. The summed E-state index contributed by atoms with van der Waals surface area (Å²) in [4.78, 5) is 17.4. The molecule has 1 N–H and O–H groups in total. The number of ether oxygens (including phenoxy) is 1. The van der Waals surface area contributed by atoms with Crippen molar-refractivity contribution in [1.29, 1.82) is 0 Å². The van der Waals surface area contributed by atoms with Crippen LogP contribution in [0.2, 0.25) is 5.02 Å². The highest BCUT2D eigenvalue weighted by atomic mass is 35.5. The third-order valence-electron chi connectivity index (χ3n) is 5.69. The molecule has 1 amide bonds. The molecule has 4 rings (SSSR count). The average molecular weight is 538 g/mol. The van der Waals surface area contributed by atoms with Crippen LogP contribution in [0, 0.1) is 0 Å². The lowest BCUT2D eigenvalue weighted by molar-refractivity contribution is 0.178. The first kappa shape index (κ1) is 26.6. The van der Waals surface area contributed by atoms with Crippen molar-refractivity contribution in [2.24, 2.45) is 0 Å². The molecule has 0 saturated carbocycles. The molecular formula is C28H28ClN3O4S. The molecule has 0 aliphatic rings. The van der Waals surface area contributed by atoms with E-state index in [1.165, 1.54) is 6.07 Å². The number of rotatable bonds is 7. The quantitative estimate of drug-likeness (QED) is 0.266. The van der Waals surface area contributed by atoms with Crippen LogP contribution >= 0.6 is 11.6 Å². The van der Waals surface area contributed by atoms with E-state index in [2.05, 4.69) is 25.3 Å². The normalized spacial score (nSPS) is 12.2. The summed E-state index contributed by atoms with van der Waals surface area (Å²) in [6, 6.07) is 24.3. The molecule has 1 atom stereocenters. The molecule has 37 heavy (non-hydrogen) atoms. The predicted molar refractivity (Wildman–Crippen MR) is 146 cm³/mol. The fourth-order valence-corrected chi connectivity index (χ4v) is 4.40. The third kappa shape index (κ3) is 6.46. The minimum Gasteiger partial charge on any atom is -0.408 e. The van der Waals surface area contributed by atoms with E-state index in [4.69, 9.17) is 21.3 Å². The van der Waals surface area contributed by atoms with Crippen molar-refractivity contribution in [1.82, 2.24) is 13.9 Å². The summed E-state index contributed by atoms with van der Waals surface area (Å²) in [5.74, 6) is 1.06. The summed E-state index contributed by atoms with van der Waals surface area (Å²) >= 11 is 3.48. The Bertz CT molecular complexity index is 1400. The number of imidazole rings is 1. The summed E-state index contributed by atoms with van der Waals surface area (Å²) in [7, 11) is 0. The molecule has 0 aliphatic carbocycles. The van der Waals surface area contributed by atoms with Crippen LogP contribution in [0.5, 0.6) is 5.75 Å². The number of hydrogen-bond acceptors (Lipinski definition) is 4. The van der Waals surface area contributed by atoms with E-state index >= 15 is 0 Å². The number of amides is 1. The second kappa shape index (κ2) is 11.3. The molecule has 4 aromatic rings. The molecule has 192 valence electrons. The van der Waals surface area contributed by atoms with Crippen molar-refractivity contribution in [3.05, 3.63) is 101 Å². The van der Waals surface area contributed by atoms with Crippen LogP contribution in [-0.2, 0) is 23.1 Å². The molecule has 0 radical (unpaired) electrons. The Morgan fingerprint density at radius 1 is 1.03 bits per heavy atom. The van der Waals surface area contributed by atoms with Crippen LogP contribution in [-0.4, -0.2) is 35.3 Å². The maximum Gasteiger partial charge on any atom is 0.429 e. The Balaban J connectivity index is 1.50. The van der Waals surface area contributed by atoms with Gasteiger partial charge >= 0.3 is 6.09 Å². The Morgan fingerprint density at radius 3 is 2.30 bits per heavy atom. The largest absolute Gasteiger partial charge is 0.429 e. The van der Waals surface area contributed by atoms with Crippen LogP contribution in [0.3, 0.4) is 0 Å². The molecular weight excluding hydrogens is 510 g/mol. The Morgan fingerprint density at radius 2 is 1.68 bits per heavy atom. The molecule has 0 fully saturated rings. The zero-order valence-electron chi connectivity index (χ0n) is 20.8. The van der Waals surface area contributed by atoms with E-state index in [0.717, 1.165) is 32.6 Å². The lowest BCUT2D eigenvalue weighted by Crippen LogP contribution is -2.36. The highest BCUT2D eigenvalue weighted by molar-refractivity contribution is 7.77. The molecule has 1 heterocycles. The van der Waals surface area contributed by atoms with Crippen molar-refractivity contribution in [3.8, 4) is 22.7 Å². The van der Waals surface area contributed by atoms with Crippen LogP contribution in [0.1, 0.15) is 32.2 Å². The zero-order chi connectivity index (χ0) is 26.6. The van der Waals surface area contributed by atoms with Gasteiger partial charge in [-0.25, -0.2) is 18.3 Å². The first-order chi connectivity index (χ1) is 17.6. The number of halogens is 1. The molecule has 1 aromatic heterocycles. The monoisotopic (exact) mass is 537 g/mol. The molecule has 0 spiro atoms. The van der Waals surface area contributed by atoms with Crippen molar-refractivity contribution in [2.45, 2.75) is 32.6 Å². The average Bonchev–Trinajstić information content (AvgIpc) is 3.33. The smallest absolute Gasteiger partial charge is 0.408 e.